The molecule has 0 aliphatic carbocycles. The van der Waals surface area contributed by atoms with Crippen molar-refractivity contribution in [2.45, 2.75) is 11.8 Å². The Morgan fingerprint density at radius 1 is 1.26 bits per heavy atom. The Kier molecular flexibility index (Phi) is 4.92. The standard InChI is InChI=1S/C14H17N5O3S/c1-3-23(21,22)10-6-4-9(5-7-10)11-8-17-13(15)12(18-11)14(20)19-16-2/h4-8,16H,3H2,1-2H3,(H2,15,17)(H,19,20). The Balaban J connectivity index is 2.39. The Morgan fingerprint density at radius 3 is 2.48 bits per heavy atom. The number of sulfone groups is 1. The summed E-state index contributed by atoms with van der Waals surface area (Å²) in [7, 11) is -1.72. The van der Waals surface area contributed by atoms with Gasteiger partial charge in [-0.05, 0) is 12.1 Å². The normalized spacial score (nSPS) is 11.2. The molecule has 1 amide bonds. The van der Waals surface area contributed by atoms with Crippen molar-refractivity contribution < 1.29 is 13.2 Å². The molecule has 0 radical (unpaired) electrons. The number of carbonyl (C=O) groups excluding carboxylic acids is 1. The van der Waals surface area contributed by atoms with Crippen LogP contribution in [-0.2, 0) is 9.84 Å². The van der Waals surface area contributed by atoms with Crippen molar-refractivity contribution >= 4 is 21.6 Å². The van der Waals surface area contributed by atoms with E-state index >= 15 is 0 Å². The molecule has 9 heteroatoms. The van der Waals surface area contributed by atoms with E-state index in [0.29, 0.717) is 11.3 Å². The predicted molar refractivity (Wildman–Crippen MR) is 86.1 cm³/mol. The van der Waals surface area contributed by atoms with E-state index < -0.39 is 15.7 Å². The average Bonchev–Trinajstić information content (AvgIpc) is 2.55. The molecular weight excluding hydrogens is 318 g/mol. The minimum Gasteiger partial charge on any atom is -0.382 e. The molecule has 23 heavy (non-hydrogen) atoms. The van der Waals surface area contributed by atoms with Gasteiger partial charge in [0.05, 0.1) is 22.5 Å². The highest BCUT2D eigenvalue weighted by atomic mass is 32.2. The van der Waals surface area contributed by atoms with Gasteiger partial charge < -0.3 is 5.73 Å². The van der Waals surface area contributed by atoms with Gasteiger partial charge in [-0.15, -0.1) is 0 Å². The molecule has 4 N–H and O–H groups in total. The highest BCUT2D eigenvalue weighted by molar-refractivity contribution is 7.91. The highest BCUT2D eigenvalue weighted by Crippen LogP contribution is 2.21. The molecule has 0 unspecified atom stereocenters. The van der Waals surface area contributed by atoms with E-state index in [1.165, 1.54) is 25.4 Å². The van der Waals surface area contributed by atoms with Gasteiger partial charge in [0.1, 0.15) is 0 Å². The van der Waals surface area contributed by atoms with Crippen LogP contribution in [0.1, 0.15) is 17.4 Å². The van der Waals surface area contributed by atoms with Crippen molar-refractivity contribution in [3.63, 3.8) is 0 Å². The lowest BCUT2D eigenvalue weighted by Gasteiger charge is -2.08. The van der Waals surface area contributed by atoms with Gasteiger partial charge >= 0.3 is 0 Å². The Bertz CT molecular complexity index is 819. The second-order valence-corrected chi connectivity index (χ2v) is 6.90. The molecule has 2 rings (SSSR count). The molecule has 0 saturated carbocycles. The lowest BCUT2D eigenvalue weighted by Crippen LogP contribution is -2.35. The lowest BCUT2D eigenvalue weighted by molar-refractivity contribution is 0.0933. The van der Waals surface area contributed by atoms with Gasteiger partial charge in [-0.25, -0.2) is 23.8 Å². The third kappa shape index (κ3) is 3.63. The number of benzene rings is 1. The summed E-state index contributed by atoms with van der Waals surface area (Å²) in [5, 5.41) is 0. The first-order valence-corrected chi connectivity index (χ1v) is 8.47. The number of anilines is 1. The second-order valence-electron chi connectivity index (χ2n) is 4.62. The van der Waals surface area contributed by atoms with Gasteiger partial charge in [-0.1, -0.05) is 19.1 Å². The zero-order valence-corrected chi connectivity index (χ0v) is 13.5. The maximum absolute atomic E-state index is 11.8. The summed E-state index contributed by atoms with van der Waals surface area (Å²) >= 11 is 0. The van der Waals surface area contributed by atoms with Crippen LogP contribution in [0.5, 0.6) is 0 Å². The minimum absolute atomic E-state index is 0.00619. The predicted octanol–water partition coefficient (Wildman–Crippen LogP) is 0.384. The van der Waals surface area contributed by atoms with E-state index in [-0.39, 0.29) is 22.2 Å². The molecule has 0 aliphatic heterocycles. The topological polar surface area (TPSA) is 127 Å². The highest BCUT2D eigenvalue weighted by Gasteiger charge is 2.15. The van der Waals surface area contributed by atoms with E-state index in [0.717, 1.165) is 0 Å². The third-order valence-corrected chi connectivity index (χ3v) is 4.89. The number of amides is 1. The first-order chi connectivity index (χ1) is 10.9. The number of hydrogen-bond acceptors (Lipinski definition) is 7. The minimum atomic E-state index is -3.26. The molecule has 8 nitrogen and oxygen atoms in total. The maximum Gasteiger partial charge on any atom is 0.287 e. The van der Waals surface area contributed by atoms with Crippen molar-refractivity contribution in [3.05, 3.63) is 36.2 Å². The SMILES string of the molecule is CCS(=O)(=O)c1ccc(-c2cnc(N)c(C(=O)NNC)n2)cc1. The number of aromatic nitrogens is 2. The monoisotopic (exact) mass is 335 g/mol. The molecule has 0 bridgehead atoms. The van der Waals surface area contributed by atoms with Crippen LogP contribution in [0.25, 0.3) is 11.3 Å². The fraction of sp³-hybridized carbons (Fsp3) is 0.214. The van der Waals surface area contributed by atoms with Crippen LogP contribution in [0.4, 0.5) is 5.82 Å². The third-order valence-electron chi connectivity index (χ3n) is 3.14. The molecule has 0 aliphatic rings. The molecule has 1 heterocycles. The summed E-state index contributed by atoms with van der Waals surface area (Å²) < 4.78 is 23.6. The van der Waals surface area contributed by atoms with E-state index in [1.54, 1.807) is 19.1 Å². The number of hydrogen-bond donors (Lipinski definition) is 3. The van der Waals surface area contributed by atoms with Crippen LogP contribution in [0, 0.1) is 0 Å². The van der Waals surface area contributed by atoms with Gasteiger partial charge in [-0.3, -0.25) is 10.2 Å². The Labute approximate surface area is 134 Å². The summed E-state index contributed by atoms with van der Waals surface area (Å²) in [6.45, 7) is 1.58. The molecule has 0 atom stereocenters. The van der Waals surface area contributed by atoms with Crippen LogP contribution < -0.4 is 16.6 Å². The molecule has 1 aromatic carbocycles. The number of rotatable bonds is 5. The zero-order chi connectivity index (χ0) is 17.0. The summed E-state index contributed by atoms with van der Waals surface area (Å²) in [6, 6.07) is 6.23. The Hall–Kier alpha value is -2.52. The number of nitrogens with one attached hydrogen (secondary N) is 2. The van der Waals surface area contributed by atoms with Crippen molar-refractivity contribution in [3.8, 4) is 11.3 Å². The molecule has 0 saturated heterocycles. The lowest BCUT2D eigenvalue weighted by atomic mass is 10.1. The van der Waals surface area contributed by atoms with Crippen molar-refractivity contribution in [1.29, 1.82) is 0 Å². The fourth-order valence-corrected chi connectivity index (χ4v) is 2.76. The van der Waals surface area contributed by atoms with Crippen LogP contribution in [0.3, 0.4) is 0 Å². The Morgan fingerprint density at radius 2 is 1.91 bits per heavy atom. The molecular formula is C14H17N5O3S. The smallest absolute Gasteiger partial charge is 0.287 e. The van der Waals surface area contributed by atoms with Gasteiger partial charge in [0.2, 0.25) is 0 Å². The first kappa shape index (κ1) is 16.8. The fourth-order valence-electron chi connectivity index (χ4n) is 1.88. The van der Waals surface area contributed by atoms with Crippen molar-refractivity contribution in [2.75, 3.05) is 18.5 Å². The zero-order valence-electron chi connectivity index (χ0n) is 12.7. The van der Waals surface area contributed by atoms with E-state index in [4.69, 9.17) is 5.73 Å². The first-order valence-electron chi connectivity index (χ1n) is 6.82. The summed E-state index contributed by atoms with van der Waals surface area (Å²) in [4.78, 5) is 20.2. The van der Waals surface area contributed by atoms with Crippen LogP contribution >= 0.6 is 0 Å². The molecule has 2 aromatic rings. The number of nitrogen functional groups attached to an aromatic ring is 1. The largest absolute Gasteiger partial charge is 0.382 e. The van der Waals surface area contributed by atoms with Crippen LogP contribution in [-0.4, -0.2) is 37.1 Å². The summed E-state index contributed by atoms with van der Waals surface area (Å²) in [5.74, 6) is -0.473. The molecule has 122 valence electrons. The van der Waals surface area contributed by atoms with Crippen LogP contribution in [0.2, 0.25) is 0 Å². The van der Waals surface area contributed by atoms with E-state index in [1.807, 2.05) is 0 Å². The maximum atomic E-state index is 11.8. The van der Waals surface area contributed by atoms with Gasteiger partial charge in [0.15, 0.2) is 21.3 Å². The number of carbonyl (C=O) groups is 1. The van der Waals surface area contributed by atoms with Crippen molar-refractivity contribution in [1.82, 2.24) is 20.8 Å². The van der Waals surface area contributed by atoms with E-state index in [2.05, 4.69) is 20.8 Å². The summed E-state index contributed by atoms with van der Waals surface area (Å²) in [6.07, 6.45) is 1.43. The molecule has 0 spiro atoms. The quantitative estimate of drug-likeness (QED) is 0.674. The van der Waals surface area contributed by atoms with Gasteiger partial charge in [0.25, 0.3) is 5.91 Å². The number of nitrogens with two attached hydrogens (primary N) is 1. The summed E-state index contributed by atoms with van der Waals surface area (Å²) in [5.41, 5.74) is 11.6. The van der Waals surface area contributed by atoms with Gasteiger partial charge in [-0.2, -0.15) is 0 Å². The second kappa shape index (κ2) is 6.71. The van der Waals surface area contributed by atoms with E-state index in [9.17, 15) is 13.2 Å². The molecule has 1 aromatic heterocycles. The average molecular weight is 335 g/mol. The van der Waals surface area contributed by atoms with Gasteiger partial charge in [0, 0.05) is 12.6 Å². The number of hydrazine groups is 1. The van der Waals surface area contributed by atoms with Crippen LogP contribution in [0.15, 0.2) is 35.4 Å². The van der Waals surface area contributed by atoms with Crippen molar-refractivity contribution in [2.24, 2.45) is 0 Å². The molecule has 0 fully saturated rings. The number of nitrogens with zero attached hydrogens (tertiary/aromatic N) is 2.